The monoisotopic (exact) mass is 291 g/mol. The van der Waals surface area contributed by atoms with Gasteiger partial charge in [0.25, 0.3) is 5.91 Å². The van der Waals surface area contributed by atoms with E-state index < -0.39 is 0 Å². The van der Waals surface area contributed by atoms with Gasteiger partial charge in [-0.15, -0.1) is 0 Å². The van der Waals surface area contributed by atoms with Crippen molar-refractivity contribution >= 4 is 11.7 Å². The largest absolute Gasteiger partial charge is 0.373 e. The second-order valence-corrected chi connectivity index (χ2v) is 5.99. The number of amides is 1. The molecule has 0 fully saturated rings. The van der Waals surface area contributed by atoms with Gasteiger partial charge in [-0.05, 0) is 31.4 Å². The fourth-order valence-corrected chi connectivity index (χ4v) is 2.26. The average Bonchev–Trinajstić information content (AvgIpc) is 2.44. The predicted octanol–water partition coefficient (Wildman–Crippen LogP) is 3.77. The molecule has 4 heteroatoms. The van der Waals surface area contributed by atoms with Gasteiger partial charge in [0.1, 0.15) is 5.82 Å². The highest BCUT2D eigenvalue weighted by molar-refractivity contribution is 5.94. The molecule has 0 saturated carbocycles. The van der Waals surface area contributed by atoms with Gasteiger partial charge in [-0.3, -0.25) is 4.79 Å². The number of aromatic nitrogens is 1. The van der Waals surface area contributed by atoms with Crippen molar-refractivity contribution in [3.8, 4) is 0 Å². The molecule has 0 aromatic carbocycles. The molecule has 0 atom stereocenters. The number of anilines is 1. The van der Waals surface area contributed by atoms with Gasteiger partial charge < -0.3 is 10.6 Å². The van der Waals surface area contributed by atoms with Crippen LogP contribution in [0.1, 0.15) is 62.0 Å². The first-order valence-electron chi connectivity index (χ1n) is 7.97. The lowest BCUT2D eigenvalue weighted by atomic mass is 10.0. The fraction of sp³-hybridized carbons (Fsp3) is 0.647. The molecule has 0 saturated heterocycles. The van der Waals surface area contributed by atoms with E-state index >= 15 is 0 Å². The minimum atomic E-state index is -0.0146. The van der Waals surface area contributed by atoms with Gasteiger partial charge >= 0.3 is 0 Å². The number of aryl methyl sites for hydroxylation is 1. The normalized spacial score (nSPS) is 10.7. The summed E-state index contributed by atoms with van der Waals surface area (Å²) in [6, 6.07) is 3.60. The maximum absolute atomic E-state index is 12.1. The molecular weight excluding hydrogens is 262 g/mol. The van der Waals surface area contributed by atoms with Crippen molar-refractivity contribution in [2.45, 2.75) is 52.9 Å². The van der Waals surface area contributed by atoms with Crippen molar-refractivity contribution in [3.63, 3.8) is 0 Å². The topological polar surface area (TPSA) is 54.0 Å². The Hall–Kier alpha value is -1.58. The van der Waals surface area contributed by atoms with Crippen LogP contribution in [-0.4, -0.2) is 24.5 Å². The molecule has 1 aromatic rings. The quantitative estimate of drug-likeness (QED) is 0.681. The Labute approximate surface area is 128 Å². The molecule has 1 rings (SSSR count). The summed E-state index contributed by atoms with van der Waals surface area (Å²) in [6.45, 7) is 7.16. The number of hydrogen-bond donors (Lipinski definition) is 2. The minimum Gasteiger partial charge on any atom is -0.373 e. The lowest BCUT2D eigenvalue weighted by Crippen LogP contribution is -2.24. The average molecular weight is 291 g/mol. The van der Waals surface area contributed by atoms with Crippen LogP contribution in [0.5, 0.6) is 0 Å². The van der Waals surface area contributed by atoms with Crippen molar-refractivity contribution in [1.29, 1.82) is 0 Å². The summed E-state index contributed by atoms with van der Waals surface area (Å²) in [7, 11) is 1.81. The third-order valence-electron chi connectivity index (χ3n) is 3.47. The summed E-state index contributed by atoms with van der Waals surface area (Å²) >= 11 is 0. The molecule has 0 spiro atoms. The van der Waals surface area contributed by atoms with E-state index in [2.05, 4.69) is 29.5 Å². The van der Waals surface area contributed by atoms with Crippen LogP contribution in [0.4, 0.5) is 5.82 Å². The predicted molar refractivity (Wildman–Crippen MR) is 88.8 cm³/mol. The Morgan fingerprint density at radius 1 is 1.19 bits per heavy atom. The van der Waals surface area contributed by atoms with Crippen LogP contribution >= 0.6 is 0 Å². The lowest BCUT2D eigenvalue weighted by molar-refractivity contribution is 0.0952. The van der Waals surface area contributed by atoms with Crippen molar-refractivity contribution in [2.24, 2.45) is 5.92 Å². The summed E-state index contributed by atoms with van der Waals surface area (Å²) in [5, 5.41) is 5.95. The Morgan fingerprint density at radius 3 is 2.57 bits per heavy atom. The van der Waals surface area contributed by atoms with Gasteiger partial charge in [0.2, 0.25) is 0 Å². The molecule has 0 bridgehead atoms. The van der Waals surface area contributed by atoms with E-state index in [0.717, 1.165) is 30.4 Å². The molecular formula is C17H29N3O. The van der Waals surface area contributed by atoms with E-state index in [1.54, 1.807) is 13.1 Å². The first-order valence-corrected chi connectivity index (χ1v) is 7.97. The van der Waals surface area contributed by atoms with Gasteiger partial charge in [0, 0.05) is 24.8 Å². The van der Waals surface area contributed by atoms with E-state index in [1.807, 2.05) is 13.0 Å². The molecule has 21 heavy (non-hydrogen) atoms. The van der Waals surface area contributed by atoms with Crippen molar-refractivity contribution < 1.29 is 4.79 Å². The highest BCUT2D eigenvalue weighted by Gasteiger charge is 2.07. The SMILES string of the molecule is CNc1cc(C(=O)NCCCCCCC(C)C)cc(C)n1. The molecule has 1 heterocycles. The molecule has 0 aliphatic rings. The summed E-state index contributed by atoms with van der Waals surface area (Å²) in [5.74, 6) is 1.51. The van der Waals surface area contributed by atoms with Gasteiger partial charge in [0.05, 0.1) is 0 Å². The summed E-state index contributed by atoms with van der Waals surface area (Å²) in [4.78, 5) is 16.4. The highest BCUT2D eigenvalue weighted by atomic mass is 16.1. The van der Waals surface area contributed by atoms with Crippen molar-refractivity contribution in [3.05, 3.63) is 23.4 Å². The summed E-state index contributed by atoms with van der Waals surface area (Å²) < 4.78 is 0. The van der Waals surface area contributed by atoms with E-state index in [1.165, 1.54) is 25.7 Å². The zero-order chi connectivity index (χ0) is 15.7. The Morgan fingerprint density at radius 2 is 1.90 bits per heavy atom. The summed E-state index contributed by atoms with van der Waals surface area (Å²) in [6.07, 6.45) is 6.08. The van der Waals surface area contributed by atoms with Crippen molar-refractivity contribution in [2.75, 3.05) is 18.9 Å². The van der Waals surface area contributed by atoms with Gasteiger partial charge in [0.15, 0.2) is 0 Å². The van der Waals surface area contributed by atoms with Gasteiger partial charge in [-0.2, -0.15) is 0 Å². The number of nitrogens with one attached hydrogen (secondary N) is 2. The second kappa shape index (κ2) is 9.37. The van der Waals surface area contributed by atoms with E-state index in [0.29, 0.717) is 5.56 Å². The van der Waals surface area contributed by atoms with Crippen LogP contribution < -0.4 is 10.6 Å². The lowest BCUT2D eigenvalue weighted by Gasteiger charge is -2.08. The Balaban J connectivity index is 2.26. The highest BCUT2D eigenvalue weighted by Crippen LogP contribution is 2.10. The van der Waals surface area contributed by atoms with Gasteiger partial charge in [-0.25, -0.2) is 4.98 Å². The molecule has 0 aliphatic heterocycles. The van der Waals surface area contributed by atoms with Crippen LogP contribution in [0.3, 0.4) is 0 Å². The number of carbonyl (C=O) groups excluding carboxylic acids is 1. The first kappa shape index (κ1) is 17.5. The second-order valence-electron chi connectivity index (χ2n) is 5.99. The minimum absolute atomic E-state index is 0.0146. The number of carbonyl (C=O) groups is 1. The number of hydrogen-bond acceptors (Lipinski definition) is 3. The number of nitrogens with zero attached hydrogens (tertiary/aromatic N) is 1. The Bertz CT molecular complexity index is 444. The van der Waals surface area contributed by atoms with E-state index in [-0.39, 0.29) is 5.91 Å². The fourth-order valence-electron chi connectivity index (χ4n) is 2.26. The molecule has 1 amide bonds. The van der Waals surface area contributed by atoms with Crippen LogP contribution in [0.25, 0.3) is 0 Å². The van der Waals surface area contributed by atoms with Crippen LogP contribution in [0.15, 0.2) is 12.1 Å². The molecule has 1 aromatic heterocycles. The van der Waals surface area contributed by atoms with E-state index in [9.17, 15) is 4.79 Å². The third kappa shape index (κ3) is 7.11. The molecule has 2 N–H and O–H groups in total. The van der Waals surface area contributed by atoms with Crippen LogP contribution in [0, 0.1) is 12.8 Å². The third-order valence-corrected chi connectivity index (χ3v) is 3.47. The number of rotatable bonds is 9. The zero-order valence-corrected chi connectivity index (χ0v) is 13.8. The van der Waals surface area contributed by atoms with Crippen molar-refractivity contribution in [1.82, 2.24) is 10.3 Å². The maximum atomic E-state index is 12.1. The zero-order valence-electron chi connectivity index (χ0n) is 13.8. The molecule has 4 nitrogen and oxygen atoms in total. The smallest absolute Gasteiger partial charge is 0.251 e. The molecule has 0 unspecified atom stereocenters. The molecule has 118 valence electrons. The maximum Gasteiger partial charge on any atom is 0.251 e. The van der Waals surface area contributed by atoms with E-state index in [4.69, 9.17) is 0 Å². The number of pyridine rings is 1. The molecule has 0 radical (unpaired) electrons. The molecule has 0 aliphatic carbocycles. The Kier molecular flexibility index (Phi) is 7.80. The van der Waals surface area contributed by atoms with Crippen LogP contribution in [-0.2, 0) is 0 Å². The van der Waals surface area contributed by atoms with Gasteiger partial charge in [-0.1, -0.05) is 39.5 Å². The standard InChI is InChI=1S/C17H29N3O/c1-13(2)9-7-5-6-8-10-19-17(21)15-11-14(3)20-16(12-15)18-4/h11-13H,5-10H2,1-4H3,(H,18,20)(H,19,21). The summed E-state index contributed by atoms with van der Waals surface area (Å²) in [5.41, 5.74) is 1.52. The van der Waals surface area contributed by atoms with Crippen LogP contribution in [0.2, 0.25) is 0 Å². The number of unbranched alkanes of at least 4 members (excludes halogenated alkanes) is 3. The first-order chi connectivity index (χ1) is 10.0.